The molecule has 0 fully saturated rings. The monoisotopic (exact) mass is 227 g/mol. The Bertz CT molecular complexity index is 8.00. The second-order valence-electron chi connectivity index (χ2n) is 0. The summed E-state index contributed by atoms with van der Waals surface area (Å²) >= 11 is 0. The van der Waals surface area contributed by atoms with E-state index in [1.54, 1.807) is 0 Å². The largest absolute Gasteiger partial charge is 3.00 e. The molecule has 0 atom stereocenters. The van der Waals surface area contributed by atoms with Crippen molar-refractivity contribution in [2.45, 2.75) is 0 Å². The molecule has 1 nitrogen and oxygen atoms in total. The molecule has 0 aliphatic rings. The summed E-state index contributed by atoms with van der Waals surface area (Å²) < 4.78 is 0. The quantitative estimate of drug-likeness (QED) is 0.462. The zero-order valence-electron chi connectivity index (χ0n) is 2.14. The van der Waals surface area contributed by atoms with E-state index in [4.69, 9.17) is 0 Å². The molecule has 0 saturated carbocycles. The Morgan fingerprint density at radius 1 is 1.00 bits per heavy atom. The SMILES string of the molecule is [Al+3].[Ga+3].[In+3].[O-2]. The molecule has 0 unspecified atom stereocenters. The van der Waals surface area contributed by atoms with Crippen LogP contribution in [0.1, 0.15) is 0 Å². The van der Waals surface area contributed by atoms with Gasteiger partial charge >= 0.3 is 63.0 Å². The summed E-state index contributed by atoms with van der Waals surface area (Å²) in [7, 11) is 0. The van der Waals surface area contributed by atoms with Gasteiger partial charge in [-0.1, -0.05) is 0 Å². The Labute approximate surface area is 67.8 Å². The number of rotatable bonds is 0. The molecule has 8 valence electrons. The molecule has 4 heteroatoms. The van der Waals surface area contributed by atoms with Gasteiger partial charge < -0.3 is 5.48 Å². The van der Waals surface area contributed by atoms with Gasteiger partial charge in [0.25, 0.3) is 0 Å². The summed E-state index contributed by atoms with van der Waals surface area (Å²) in [5, 5.41) is 0. The summed E-state index contributed by atoms with van der Waals surface area (Å²) in [5.41, 5.74) is 0. The third-order valence-electron chi connectivity index (χ3n) is 0. The van der Waals surface area contributed by atoms with Crippen LogP contribution < -0.4 is 0 Å². The van der Waals surface area contributed by atoms with E-state index in [1.807, 2.05) is 0 Å². The van der Waals surface area contributed by atoms with E-state index in [-0.39, 0.29) is 68.5 Å². The minimum Gasteiger partial charge on any atom is -2.00 e. The van der Waals surface area contributed by atoms with E-state index in [9.17, 15) is 0 Å². The van der Waals surface area contributed by atoms with Crippen molar-refractivity contribution in [3.8, 4) is 0 Å². The first kappa shape index (κ1) is 37.5. The van der Waals surface area contributed by atoms with Crippen molar-refractivity contribution >= 4 is 63.0 Å². The molecule has 4 heavy (non-hydrogen) atoms. The Kier molecular flexibility index (Phi) is 188. The van der Waals surface area contributed by atoms with Crippen LogP contribution in [0.25, 0.3) is 0 Å². The Hall–Kier alpha value is 2.00. The van der Waals surface area contributed by atoms with Gasteiger partial charge in [-0.3, -0.25) is 0 Å². The molecule has 0 heterocycles. The second-order valence-corrected chi connectivity index (χ2v) is 0. The Morgan fingerprint density at radius 3 is 1.00 bits per heavy atom. The molecule has 0 aromatic heterocycles. The molecule has 0 aromatic rings. The number of hydrogen-bond donors (Lipinski definition) is 0. The standard InChI is InChI=1S/Al.Ga.In.O/q3*+3;-2. The van der Waals surface area contributed by atoms with Gasteiger partial charge in [0, 0.05) is 0 Å². The third kappa shape index (κ3) is 9.00. The van der Waals surface area contributed by atoms with Gasteiger partial charge in [0.1, 0.15) is 0 Å². The van der Waals surface area contributed by atoms with Crippen molar-refractivity contribution in [1.29, 1.82) is 0 Å². The van der Waals surface area contributed by atoms with Crippen LogP contribution in [-0.4, -0.2) is 63.0 Å². The van der Waals surface area contributed by atoms with Crippen LogP contribution in [-0.2, 0) is 5.48 Å². The van der Waals surface area contributed by atoms with Crippen LogP contribution in [0.2, 0.25) is 0 Å². The zero-order valence-corrected chi connectivity index (χ0v) is 9.01. The van der Waals surface area contributed by atoms with Gasteiger partial charge in [-0.25, -0.2) is 0 Å². The van der Waals surface area contributed by atoms with E-state index in [1.165, 1.54) is 0 Å². The van der Waals surface area contributed by atoms with Crippen LogP contribution in [0, 0.1) is 0 Å². The van der Waals surface area contributed by atoms with Crippen LogP contribution in [0.3, 0.4) is 0 Å². The maximum absolute atomic E-state index is 0. The van der Waals surface area contributed by atoms with Crippen molar-refractivity contribution in [3.05, 3.63) is 0 Å². The first-order valence-corrected chi connectivity index (χ1v) is 0. The second kappa shape index (κ2) is 20.0. The first-order chi connectivity index (χ1) is 0. The van der Waals surface area contributed by atoms with E-state index < -0.39 is 0 Å². The molecule has 0 saturated heterocycles. The van der Waals surface area contributed by atoms with Crippen molar-refractivity contribution in [3.63, 3.8) is 0 Å². The van der Waals surface area contributed by atoms with Gasteiger partial charge in [0.15, 0.2) is 0 Å². The van der Waals surface area contributed by atoms with Crippen molar-refractivity contribution in [2.24, 2.45) is 0 Å². The fourth-order valence-electron chi connectivity index (χ4n) is 0. The maximum atomic E-state index is 0. The Morgan fingerprint density at radius 2 is 1.00 bits per heavy atom. The molecule has 0 rings (SSSR count). The molecule has 0 aromatic carbocycles. The van der Waals surface area contributed by atoms with Crippen LogP contribution in [0.15, 0.2) is 0 Å². The molecule has 0 radical (unpaired) electrons. The summed E-state index contributed by atoms with van der Waals surface area (Å²) in [6.07, 6.45) is 0. The van der Waals surface area contributed by atoms with Crippen LogP contribution in [0.5, 0.6) is 0 Å². The van der Waals surface area contributed by atoms with E-state index in [0.717, 1.165) is 0 Å². The first-order valence-electron chi connectivity index (χ1n) is 0. The normalized spacial score (nSPS) is 0. The maximum Gasteiger partial charge on any atom is 3.00 e. The van der Waals surface area contributed by atoms with Gasteiger partial charge in [-0.2, -0.15) is 0 Å². The van der Waals surface area contributed by atoms with Gasteiger partial charge in [-0.15, -0.1) is 0 Å². The zero-order chi connectivity index (χ0) is 0. The van der Waals surface area contributed by atoms with E-state index >= 15 is 0 Å². The van der Waals surface area contributed by atoms with Crippen LogP contribution >= 0.6 is 0 Å². The summed E-state index contributed by atoms with van der Waals surface area (Å²) in [5.74, 6) is 0. The fraction of sp³-hybridized carbons (Fsp3) is 0. The van der Waals surface area contributed by atoms with Crippen molar-refractivity contribution in [1.82, 2.24) is 0 Å². The predicted octanol–water partition coefficient (Wildman–Crippen LogP) is -1.26. The minimum atomic E-state index is 0. The van der Waals surface area contributed by atoms with Gasteiger partial charge in [0.05, 0.1) is 0 Å². The van der Waals surface area contributed by atoms with E-state index in [0.29, 0.717) is 0 Å². The summed E-state index contributed by atoms with van der Waals surface area (Å²) in [4.78, 5) is 0. The molecule has 0 amide bonds. The molecule has 0 spiro atoms. The molecular formula is AlGaInO+7. The summed E-state index contributed by atoms with van der Waals surface area (Å²) in [6.45, 7) is 0. The van der Waals surface area contributed by atoms with Crippen LogP contribution in [0.4, 0.5) is 0 Å². The Balaban J connectivity index is 0. The third-order valence-corrected chi connectivity index (χ3v) is 0. The molecule has 0 aliphatic carbocycles. The fourth-order valence-corrected chi connectivity index (χ4v) is 0. The minimum absolute atomic E-state index is 0. The van der Waals surface area contributed by atoms with Gasteiger partial charge in [0.2, 0.25) is 0 Å². The van der Waals surface area contributed by atoms with E-state index in [2.05, 4.69) is 0 Å². The predicted molar refractivity (Wildman–Crippen MR) is 17.9 cm³/mol. The van der Waals surface area contributed by atoms with Crippen molar-refractivity contribution in [2.75, 3.05) is 0 Å². The average Bonchev–Trinajstić information content (AvgIpc) is 0. The molecule has 0 aliphatic heterocycles. The summed E-state index contributed by atoms with van der Waals surface area (Å²) in [6, 6.07) is 0. The molecule has 0 N–H and O–H groups in total. The smallest absolute Gasteiger partial charge is 2.00 e. The number of hydrogen-bond acceptors (Lipinski definition) is 0. The molecule has 0 bridgehead atoms. The average molecular weight is 228 g/mol. The molecular weight excluding hydrogens is 228 g/mol. The topological polar surface area (TPSA) is 28.5 Å². The van der Waals surface area contributed by atoms with Crippen molar-refractivity contribution < 1.29 is 5.48 Å². The van der Waals surface area contributed by atoms with Gasteiger partial charge in [-0.05, 0) is 0 Å².